The molecule has 0 bridgehead atoms. The van der Waals surface area contributed by atoms with Crippen LogP contribution in [0, 0.1) is 10.1 Å². The van der Waals surface area contributed by atoms with Crippen LogP contribution in [0.3, 0.4) is 0 Å². The third kappa shape index (κ3) is 2.13. The summed E-state index contributed by atoms with van der Waals surface area (Å²) in [6.07, 6.45) is 3.76. The number of fused-ring (bicyclic) bond motifs is 1. The first-order valence-electron chi connectivity index (χ1n) is 6.20. The Morgan fingerprint density at radius 1 is 1.45 bits per heavy atom. The standard InChI is InChI=1S/C13H12N4O3/c18-12-11-7-9(1-2-10(11)3-4-14-12)8-16-6-5-15-13(16)17(19)20/h1-2,5-7H,3-4,8H2,(H,14,18). The van der Waals surface area contributed by atoms with Crippen molar-refractivity contribution in [3.63, 3.8) is 0 Å². The Labute approximate surface area is 114 Å². The summed E-state index contributed by atoms with van der Waals surface area (Å²) >= 11 is 0. The Balaban J connectivity index is 1.92. The lowest BCUT2D eigenvalue weighted by atomic mass is 9.98. The molecule has 2 heterocycles. The second-order valence-corrected chi connectivity index (χ2v) is 4.61. The van der Waals surface area contributed by atoms with Crippen LogP contribution in [0.2, 0.25) is 0 Å². The van der Waals surface area contributed by atoms with E-state index in [0.717, 1.165) is 17.5 Å². The van der Waals surface area contributed by atoms with E-state index in [-0.39, 0.29) is 11.9 Å². The number of nitrogens with one attached hydrogen (secondary N) is 1. The first-order chi connectivity index (χ1) is 9.65. The molecule has 0 spiro atoms. The second kappa shape index (κ2) is 4.76. The van der Waals surface area contributed by atoms with Gasteiger partial charge in [0.05, 0.1) is 6.54 Å². The number of carbonyl (C=O) groups excluding carboxylic acids is 1. The van der Waals surface area contributed by atoms with Gasteiger partial charge in [0.2, 0.25) is 0 Å². The van der Waals surface area contributed by atoms with E-state index in [1.165, 1.54) is 10.8 Å². The summed E-state index contributed by atoms with van der Waals surface area (Å²) in [6.45, 7) is 0.967. The number of hydrogen-bond acceptors (Lipinski definition) is 4. The first kappa shape index (κ1) is 12.3. The van der Waals surface area contributed by atoms with Gasteiger partial charge in [-0.15, -0.1) is 0 Å². The summed E-state index contributed by atoms with van der Waals surface area (Å²) in [4.78, 5) is 25.8. The molecule has 102 valence electrons. The molecule has 2 aromatic rings. The molecule has 1 aromatic carbocycles. The normalized spacial score (nSPS) is 13.7. The molecule has 1 N–H and O–H groups in total. The predicted molar refractivity (Wildman–Crippen MR) is 70.5 cm³/mol. The minimum Gasteiger partial charge on any atom is -0.390 e. The molecule has 1 amide bonds. The number of benzene rings is 1. The summed E-state index contributed by atoms with van der Waals surface area (Å²) in [5, 5.41) is 13.6. The Hall–Kier alpha value is -2.70. The summed E-state index contributed by atoms with van der Waals surface area (Å²) in [7, 11) is 0. The number of carbonyl (C=O) groups is 1. The quantitative estimate of drug-likeness (QED) is 0.669. The maximum atomic E-state index is 11.8. The molecule has 20 heavy (non-hydrogen) atoms. The Kier molecular flexibility index (Phi) is 2.94. The minimum atomic E-state index is -0.523. The highest BCUT2D eigenvalue weighted by Crippen LogP contribution is 2.18. The zero-order valence-corrected chi connectivity index (χ0v) is 10.6. The predicted octanol–water partition coefficient (Wildman–Crippen LogP) is 1.13. The lowest BCUT2D eigenvalue weighted by molar-refractivity contribution is -0.396. The van der Waals surface area contributed by atoms with Gasteiger partial charge in [0.25, 0.3) is 5.91 Å². The maximum Gasteiger partial charge on any atom is 0.434 e. The number of imidazole rings is 1. The van der Waals surface area contributed by atoms with E-state index >= 15 is 0 Å². The molecular formula is C13H12N4O3. The van der Waals surface area contributed by atoms with E-state index in [1.54, 1.807) is 12.3 Å². The van der Waals surface area contributed by atoms with Crippen LogP contribution in [0.15, 0.2) is 30.6 Å². The van der Waals surface area contributed by atoms with Crippen LogP contribution in [0.1, 0.15) is 21.5 Å². The lowest BCUT2D eigenvalue weighted by Gasteiger charge is -2.17. The Morgan fingerprint density at radius 3 is 3.10 bits per heavy atom. The van der Waals surface area contributed by atoms with E-state index in [1.807, 2.05) is 12.1 Å². The molecule has 0 fully saturated rings. The molecule has 0 unspecified atom stereocenters. The van der Waals surface area contributed by atoms with E-state index in [4.69, 9.17) is 0 Å². The smallest absolute Gasteiger partial charge is 0.390 e. The van der Waals surface area contributed by atoms with E-state index < -0.39 is 4.92 Å². The molecular weight excluding hydrogens is 260 g/mol. The van der Waals surface area contributed by atoms with Gasteiger partial charge in [-0.2, -0.15) is 0 Å². The largest absolute Gasteiger partial charge is 0.434 e. The van der Waals surface area contributed by atoms with Crippen LogP contribution in [-0.2, 0) is 13.0 Å². The van der Waals surface area contributed by atoms with Gasteiger partial charge >= 0.3 is 5.95 Å². The van der Waals surface area contributed by atoms with Gasteiger partial charge in [-0.3, -0.25) is 4.79 Å². The van der Waals surface area contributed by atoms with Crippen molar-refractivity contribution >= 4 is 11.9 Å². The monoisotopic (exact) mass is 272 g/mol. The summed E-state index contributed by atoms with van der Waals surface area (Å²) in [6, 6.07) is 5.58. The van der Waals surface area contributed by atoms with Crippen molar-refractivity contribution in [3.05, 3.63) is 57.4 Å². The lowest BCUT2D eigenvalue weighted by Crippen LogP contribution is -2.31. The molecule has 0 saturated heterocycles. The van der Waals surface area contributed by atoms with Gasteiger partial charge in [0.1, 0.15) is 12.4 Å². The molecule has 7 nitrogen and oxygen atoms in total. The molecule has 3 rings (SSSR count). The van der Waals surface area contributed by atoms with Crippen molar-refractivity contribution in [1.82, 2.24) is 14.9 Å². The molecule has 1 aliphatic rings. The van der Waals surface area contributed by atoms with Crippen molar-refractivity contribution in [2.75, 3.05) is 6.54 Å². The van der Waals surface area contributed by atoms with Gasteiger partial charge in [0, 0.05) is 12.1 Å². The van der Waals surface area contributed by atoms with Crippen LogP contribution in [0.4, 0.5) is 5.95 Å². The number of nitrogens with zero attached hydrogens (tertiary/aromatic N) is 3. The van der Waals surface area contributed by atoms with E-state index in [2.05, 4.69) is 10.3 Å². The molecule has 1 aliphatic heterocycles. The first-order valence-corrected chi connectivity index (χ1v) is 6.20. The van der Waals surface area contributed by atoms with Crippen LogP contribution in [0.25, 0.3) is 0 Å². The topological polar surface area (TPSA) is 90.1 Å². The van der Waals surface area contributed by atoms with Crippen molar-refractivity contribution in [1.29, 1.82) is 0 Å². The zero-order chi connectivity index (χ0) is 14.1. The average Bonchev–Trinajstić information content (AvgIpc) is 2.88. The Morgan fingerprint density at radius 2 is 2.30 bits per heavy atom. The fraction of sp³-hybridized carbons (Fsp3) is 0.231. The molecule has 1 aromatic heterocycles. The molecule has 0 radical (unpaired) electrons. The fourth-order valence-corrected chi connectivity index (χ4v) is 2.35. The molecule has 0 saturated carbocycles. The van der Waals surface area contributed by atoms with Crippen molar-refractivity contribution in [2.45, 2.75) is 13.0 Å². The van der Waals surface area contributed by atoms with Crippen LogP contribution in [0.5, 0.6) is 0 Å². The summed E-state index contributed by atoms with van der Waals surface area (Å²) in [5.41, 5.74) is 2.50. The summed E-state index contributed by atoms with van der Waals surface area (Å²) < 4.78 is 1.45. The number of nitro groups is 1. The number of amides is 1. The maximum absolute atomic E-state index is 11.8. The van der Waals surface area contributed by atoms with Gasteiger partial charge in [0.15, 0.2) is 0 Å². The van der Waals surface area contributed by atoms with Gasteiger partial charge in [-0.25, -0.2) is 4.57 Å². The van der Waals surface area contributed by atoms with Crippen LogP contribution in [-0.4, -0.2) is 26.9 Å². The SMILES string of the molecule is O=C1NCCc2ccc(Cn3ccnc3[N+](=O)[O-])cc21. The average molecular weight is 272 g/mol. The van der Waals surface area contributed by atoms with Crippen molar-refractivity contribution < 1.29 is 9.72 Å². The number of rotatable bonds is 3. The molecule has 0 atom stereocenters. The van der Waals surface area contributed by atoms with Gasteiger partial charge < -0.3 is 15.4 Å². The highest BCUT2D eigenvalue weighted by Gasteiger charge is 2.18. The van der Waals surface area contributed by atoms with Crippen LogP contribution < -0.4 is 5.32 Å². The highest BCUT2D eigenvalue weighted by atomic mass is 16.6. The van der Waals surface area contributed by atoms with E-state index in [0.29, 0.717) is 18.7 Å². The number of aromatic nitrogens is 2. The highest BCUT2D eigenvalue weighted by molar-refractivity contribution is 5.96. The zero-order valence-electron chi connectivity index (χ0n) is 10.6. The van der Waals surface area contributed by atoms with Gasteiger partial charge in [-0.1, -0.05) is 17.1 Å². The Bertz CT molecular complexity index is 693. The van der Waals surface area contributed by atoms with Crippen molar-refractivity contribution in [3.8, 4) is 0 Å². The van der Waals surface area contributed by atoms with Crippen LogP contribution >= 0.6 is 0 Å². The second-order valence-electron chi connectivity index (χ2n) is 4.61. The molecule has 0 aliphatic carbocycles. The minimum absolute atomic E-state index is 0.0896. The third-order valence-corrected chi connectivity index (χ3v) is 3.31. The molecule has 7 heteroatoms. The fourth-order valence-electron chi connectivity index (χ4n) is 2.35. The third-order valence-electron chi connectivity index (χ3n) is 3.31. The van der Waals surface area contributed by atoms with Gasteiger partial charge in [-0.05, 0) is 28.5 Å². The van der Waals surface area contributed by atoms with E-state index in [9.17, 15) is 14.9 Å². The summed E-state index contributed by atoms with van der Waals surface area (Å²) in [5.74, 6) is -0.291. The van der Waals surface area contributed by atoms with Crippen molar-refractivity contribution in [2.24, 2.45) is 0 Å². The number of hydrogen-bond donors (Lipinski definition) is 1.